The van der Waals surface area contributed by atoms with Crippen LogP contribution in [0.2, 0.25) is 0 Å². The molecule has 4 saturated carbocycles. The van der Waals surface area contributed by atoms with Crippen molar-refractivity contribution in [1.29, 1.82) is 0 Å². The number of hydrogen-bond donors (Lipinski definition) is 7. The zero-order valence-corrected chi connectivity index (χ0v) is 28.1. The molecule has 18 atom stereocenters. The zero-order valence-electron chi connectivity index (χ0n) is 28.1. The fraction of sp³-hybridized carbons (Fsp3) is 0.914. The third kappa shape index (κ3) is 5.42. The Hall–Kier alpha value is -1.23. The molecule has 0 aromatic heterocycles. The van der Waals surface area contributed by atoms with Crippen LogP contribution < -0.4 is 0 Å². The van der Waals surface area contributed by atoms with Gasteiger partial charge in [0.05, 0.1) is 24.4 Å². The second-order valence-electron chi connectivity index (χ2n) is 16.3. The van der Waals surface area contributed by atoms with Crippen molar-refractivity contribution in [3.8, 4) is 0 Å². The summed E-state index contributed by atoms with van der Waals surface area (Å²) in [6.45, 7) is 5.97. The van der Waals surface area contributed by atoms with Gasteiger partial charge >= 0.3 is 5.97 Å². The predicted molar refractivity (Wildman–Crippen MR) is 166 cm³/mol. The molecule has 13 heteroatoms. The quantitative estimate of drug-likeness (QED) is 0.149. The van der Waals surface area contributed by atoms with E-state index in [1.807, 2.05) is 0 Å². The van der Waals surface area contributed by atoms with Crippen molar-refractivity contribution in [2.45, 2.75) is 152 Å². The Morgan fingerprint density at radius 3 is 2.27 bits per heavy atom. The molecule has 3 heterocycles. The fourth-order valence-corrected chi connectivity index (χ4v) is 11.3. The van der Waals surface area contributed by atoms with Gasteiger partial charge in [0.1, 0.15) is 49.3 Å². The number of cyclic esters (lactones) is 1. The molecule has 0 amide bonds. The van der Waals surface area contributed by atoms with Crippen molar-refractivity contribution in [3.05, 3.63) is 11.6 Å². The average molecular weight is 683 g/mol. The Morgan fingerprint density at radius 1 is 0.833 bits per heavy atom. The third-order valence-corrected chi connectivity index (χ3v) is 14.2. The van der Waals surface area contributed by atoms with Crippen molar-refractivity contribution >= 4 is 5.97 Å². The third-order valence-electron chi connectivity index (χ3n) is 14.2. The maximum absolute atomic E-state index is 12.5. The highest BCUT2D eigenvalue weighted by molar-refractivity contribution is 5.85. The highest BCUT2D eigenvalue weighted by atomic mass is 16.7. The van der Waals surface area contributed by atoms with Crippen LogP contribution in [0.3, 0.4) is 0 Å². The SMILES string of the molecule is C[C@@H]1O[C@H](O[C@H]2CC[C@@]3(C)[C@@H](CC[C@@H]4[C@@H]3CC[C@]3(C)[C@H](C5=CC(=O)OC5)CC[C@]43O)C2)[C@@H](O)[C@H](O)[C@@H]1O[C@H]1O[C@@H](CO)[C@H](O)[C@@H](O)[C@@H]1O. The molecule has 7 N–H and O–H groups in total. The number of hydrogen-bond acceptors (Lipinski definition) is 13. The smallest absolute Gasteiger partial charge is 0.331 e. The summed E-state index contributed by atoms with van der Waals surface area (Å²) in [6, 6.07) is 0. The number of ether oxygens (including phenoxy) is 5. The Kier molecular flexibility index (Phi) is 9.36. The molecular formula is C35H54O13. The molecule has 0 spiro atoms. The van der Waals surface area contributed by atoms with E-state index in [-0.39, 0.29) is 34.7 Å². The topological polar surface area (TPSA) is 205 Å². The monoisotopic (exact) mass is 682 g/mol. The summed E-state index contributed by atoms with van der Waals surface area (Å²) < 4.78 is 28.8. The normalized spacial score (nSPS) is 55.3. The van der Waals surface area contributed by atoms with Gasteiger partial charge in [-0.25, -0.2) is 4.79 Å². The zero-order chi connectivity index (χ0) is 34.3. The first-order valence-electron chi connectivity index (χ1n) is 17.9. The van der Waals surface area contributed by atoms with Crippen LogP contribution in [0.15, 0.2) is 11.6 Å². The minimum absolute atomic E-state index is 0.0345. The van der Waals surface area contributed by atoms with Gasteiger partial charge in [-0.15, -0.1) is 0 Å². The molecule has 4 aliphatic carbocycles. The molecule has 0 radical (unpaired) electrons. The van der Waals surface area contributed by atoms with Crippen LogP contribution in [-0.4, -0.2) is 128 Å². The Labute approximate surface area is 281 Å². The maximum Gasteiger partial charge on any atom is 0.331 e. The molecule has 7 aliphatic rings. The van der Waals surface area contributed by atoms with E-state index >= 15 is 0 Å². The highest BCUT2D eigenvalue weighted by Gasteiger charge is 2.68. The lowest BCUT2D eigenvalue weighted by molar-refractivity contribution is -0.360. The van der Waals surface area contributed by atoms with E-state index in [2.05, 4.69) is 13.8 Å². The second kappa shape index (κ2) is 12.8. The van der Waals surface area contributed by atoms with Crippen LogP contribution in [0.5, 0.6) is 0 Å². The molecule has 0 bridgehead atoms. The largest absolute Gasteiger partial charge is 0.458 e. The molecule has 13 nitrogen and oxygen atoms in total. The lowest BCUT2D eigenvalue weighted by atomic mass is 9.43. The van der Waals surface area contributed by atoms with E-state index in [4.69, 9.17) is 23.7 Å². The summed E-state index contributed by atoms with van der Waals surface area (Å²) in [5.41, 5.74) is 0.00280. The standard InChI is InChI=1S/C35H54O13/c1-16-30(48-32-28(41)26(39)25(38)23(14-36)47-32)27(40)29(42)31(45-16)46-19-6-9-33(2)18(13-19)4-5-22-21(33)7-10-34(3)20(8-11-35(22,34)43)17-12-24(37)44-15-17/h12,16,18-23,25-32,36,38-43H,4-11,13-15H2,1-3H3/t16-,18-,19-,20-,21-,22+,23-,25-,26+,27-,28-,29-,30+,31+,32+,33-,34+,35-/m0/s1. The lowest BCUT2D eigenvalue weighted by Crippen LogP contribution is -2.64. The minimum atomic E-state index is -1.65. The van der Waals surface area contributed by atoms with Crippen LogP contribution in [0, 0.1) is 34.5 Å². The molecule has 272 valence electrons. The van der Waals surface area contributed by atoms with E-state index in [0.29, 0.717) is 18.4 Å². The number of carbonyl (C=O) groups is 1. The van der Waals surface area contributed by atoms with Gasteiger partial charge in [0.2, 0.25) is 0 Å². The van der Waals surface area contributed by atoms with Crippen molar-refractivity contribution in [1.82, 2.24) is 0 Å². The summed E-state index contributed by atoms with van der Waals surface area (Å²) in [5, 5.41) is 74.7. The van der Waals surface area contributed by atoms with Gasteiger partial charge in [-0.2, -0.15) is 0 Å². The molecule has 0 aromatic carbocycles. The van der Waals surface area contributed by atoms with Crippen LogP contribution in [-0.2, 0) is 28.5 Å². The molecule has 0 unspecified atom stereocenters. The number of rotatable bonds is 6. The second-order valence-corrected chi connectivity index (χ2v) is 16.3. The summed E-state index contributed by atoms with van der Waals surface area (Å²) in [4.78, 5) is 11.9. The van der Waals surface area contributed by atoms with Gasteiger partial charge in [-0.1, -0.05) is 13.8 Å². The number of esters is 1. The molecule has 0 aromatic rings. The Morgan fingerprint density at radius 2 is 1.56 bits per heavy atom. The van der Waals surface area contributed by atoms with Gasteiger partial charge in [-0.3, -0.25) is 0 Å². The Balaban J connectivity index is 0.977. The maximum atomic E-state index is 12.5. The summed E-state index contributed by atoms with van der Waals surface area (Å²) >= 11 is 0. The first kappa shape index (κ1) is 35.2. The van der Waals surface area contributed by atoms with Gasteiger partial charge < -0.3 is 59.4 Å². The fourth-order valence-electron chi connectivity index (χ4n) is 11.3. The van der Waals surface area contributed by atoms with Crippen LogP contribution in [0.4, 0.5) is 0 Å². The van der Waals surface area contributed by atoms with Crippen molar-refractivity contribution in [2.75, 3.05) is 13.2 Å². The predicted octanol–water partition coefficient (Wildman–Crippen LogP) is 0.280. The number of fused-ring (bicyclic) bond motifs is 5. The van der Waals surface area contributed by atoms with Crippen molar-refractivity contribution < 1.29 is 64.2 Å². The van der Waals surface area contributed by atoms with Crippen molar-refractivity contribution in [2.24, 2.45) is 34.5 Å². The van der Waals surface area contributed by atoms with Crippen molar-refractivity contribution in [3.63, 3.8) is 0 Å². The summed E-state index contributed by atoms with van der Waals surface area (Å²) in [5.74, 6) is 0.825. The molecule has 7 rings (SSSR count). The first-order valence-corrected chi connectivity index (χ1v) is 17.9. The van der Waals surface area contributed by atoms with Gasteiger partial charge in [0.15, 0.2) is 12.6 Å². The number of carbonyl (C=O) groups excluding carboxylic acids is 1. The van der Waals surface area contributed by atoms with Gasteiger partial charge in [0.25, 0.3) is 0 Å². The molecule has 3 aliphatic heterocycles. The van der Waals surface area contributed by atoms with Gasteiger partial charge in [0, 0.05) is 11.5 Å². The van der Waals surface area contributed by atoms with E-state index in [1.165, 1.54) is 0 Å². The van der Waals surface area contributed by atoms with E-state index in [0.717, 1.165) is 63.4 Å². The first-order chi connectivity index (χ1) is 22.7. The molecule has 2 saturated heterocycles. The minimum Gasteiger partial charge on any atom is -0.458 e. The lowest BCUT2D eigenvalue weighted by Gasteiger charge is -2.64. The van der Waals surface area contributed by atoms with Crippen LogP contribution in [0.1, 0.15) is 78.6 Å². The Bertz CT molecular complexity index is 1240. The molecule has 48 heavy (non-hydrogen) atoms. The molecular weight excluding hydrogens is 628 g/mol. The summed E-state index contributed by atoms with van der Waals surface area (Å²) in [6.07, 6.45) is -4.12. The van der Waals surface area contributed by atoms with E-state index in [1.54, 1.807) is 13.0 Å². The average Bonchev–Trinajstić information content (AvgIpc) is 3.61. The van der Waals surface area contributed by atoms with E-state index in [9.17, 15) is 40.5 Å². The number of aliphatic hydroxyl groups excluding tert-OH is 6. The van der Waals surface area contributed by atoms with E-state index < -0.39 is 73.6 Å². The summed E-state index contributed by atoms with van der Waals surface area (Å²) in [7, 11) is 0. The van der Waals surface area contributed by atoms with Crippen LogP contribution in [0.25, 0.3) is 0 Å². The molecule has 6 fully saturated rings. The van der Waals surface area contributed by atoms with Crippen LogP contribution >= 0.6 is 0 Å². The highest BCUT2D eigenvalue weighted by Crippen LogP contribution is 2.70. The van der Waals surface area contributed by atoms with Gasteiger partial charge in [-0.05, 0) is 99.4 Å². The number of aliphatic hydroxyl groups is 7.